The first-order valence-corrected chi connectivity index (χ1v) is 5.75. The van der Waals surface area contributed by atoms with E-state index in [1.807, 2.05) is 7.05 Å². The SMILES string of the molecule is CC(C)CCN(C)c1cnc(CCl)cn1. The number of rotatable bonds is 5. The number of halogens is 1. The highest BCUT2D eigenvalue weighted by atomic mass is 35.5. The van der Waals surface area contributed by atoms with Crippen molar-refractivity contribution in [2.45, 2.75) is 26.1 Å². The van der Waals surface area contributed by atoms with Crippen LogP contribution >= 0.6 is 11.6 Å². The molecule has 0 saturated heterocycles. The number of hydrogen-bond acceptors (Lipinski definition) is 3. The van der Waals surface area contributed by atoms with E-state index in [1.165, 1.54) is 0 Å². The van der Waals surface area contributed by atoms with Crippen molar-refractivity contribution in [3.63, 3.8) is 0 Å². The minimum absolute atomic E-state index is 0.420. The number of aromatic nitrogens is 2. The molecule has 0 spiro atoms. The second kappa shape index (κ2) is 5.91. The van der Waals surface area contributed by atoms with Crippen LogP contribution < -0.4 is 4.90 Å². The lowest BCUT2D eigenvalue weighted by Gasteiger charge is -2.18. The van der Waals surface area contributed by atoms with Gasteiger partial charge in [-0.2, -0.15) is 0 Å². The lowest BCUT2D eigenvalue weighted by molar-refractivity contribution is 0.583. The third kappa shape index (κ3) is 4.04. The van der Waals surface area contributed by atoms with Crippen LogP contribution in [0.15, 0.2) is 12.4 Å². The summed E-state index contributed by atoms with van der Waals surface area (Å²) in [6.45, 7) is 5.44. The van der Waals surface area contributed by atoms with Crippen molar-refractivity contribution in [3.05, 3.63) is 18.1 Å². The van der Waals surface area contributed by atoms with Gasteiger partial charge in [-0.25, -0.2) is 4.98 Å². The number of hydrogen-bond donors (Lipinski definition) is 0. The summed E-state index contributed by atoms with van der Waals surface area (Å²) in [5.41, 5.74) is 0.817. The van der Waals surface area contributed by atoms with E-state index in [0.29, 0.717) is 11.8 Å². The number of alkyl halides is 1. The van der Waals surface area contributed by atoms with Gasteiger partial charge in [0.05, 0.1) is 24.0 Å². The van der Waals surface area contributed by atoms with Crippen LogP contribution in [0, 0.1) is 5.92 Å². The fraction of sp³-hybridized carbons (Fsp3) is 0.636. The zero-order valence-corrected chi connectivity index (χ0v) is 10.3. The summed E-state index contributed by atoms with van der Waals surface area (Å²) in [5.74, 6) is 2.04. The van der Waals surface area contributed by atoms with E-state index in [0.717, 1.165) is 24.5 Å². The standard InChI is InChI=1S/C11H18ClN3/c1-9(2)4-5-15(3)11-8-13-10(6-12)7-14-11/h7-9H,4-6H2,1-3H3. The van der Waals surface area contributed by atoms with Crippen molar-refractivity contribution < 1.29 is 0 Å². The summed E-state index contributed by atoms with van der Waals surface area (Å²) in [4.78, 5) is 10.6. The van der Waals surface area contributed by atoms with Gasteiger partial charge in [0.25, 0.3) is 0 Å². The molecule has 84 valence electrons. The molecule has 1 aromatic rings. The summed E-state index contributed by atoms with van der Waals surface area (Å²) in [5, 5.41) is 0. The van der Waals surface area contributed by atoms with Gasteiger partial charge in [0.15, 0.2) is 0 Å². The van der Waals surface area contributed by atoms with E-state index in [9.17, 15) is 0 Å². The zero-order valence-electron chi connectivity index (χ0n) is 9.57. The first-order valence-electron chi connectivity index (χ1n) is 5.21. The van der Waals surface area contributed by atoms with Crippen LogP contribution in [0.3, 0.4) is 0 Å². The van der Waals surface area contributed by atoms with Crippen molar-refractivity contribution in [3.8, 4) is 0 Å². The van der Waals surface area contributed by atoms with Gasteiger partial charge in [0.1, 0.15) is 5.82 Å². The molecule has 0 aliphatic rings. The van der Waals surface area contributed by atoms with Crippen LogP contribution in [0.25, 0.3) is 0 Å². The van der Waals surface area contributed by atoms with Crippen LogP contribution in [-0.4, -0.2) is 23.6 Å². The Morgan fingerprint density at radius 3 is 2.53 bits per heavy atom. The van der Waals surface area contributed by atoms with Crippen LogP contribution in [-0.2, 0) is 5.88 Å². The molecule has 0 bridgehead atoms. The second-order valence-electron chi connectivity index (χ2n) is 4.10. The Morgan fingerprint density at radius 1 is 1.33 bits per heavy atom. The molecule has 0 fully saturated rings. The van der Waals surface area contributed by atoms with E-state index < -0.39 is 0 Å². The van der Waals surface area contributed by atoms with E-state index in [4.69, 9.17) is 11.6 Å². The molecule has 1 aromatic heterocycles. The maximum absolute atomic E-state index is 5.65. The molecule has 3 nitrogen and oxygen atoms in total. The maximum atomic E-state index is 5.65. The normalized spacial score (nSPS) is 10.7. The largest absolute Gasteiger partial charge is 0.358 e. The zero-order chi connectivity index (χ0) is 11.3. The average molecular weight is 228 g/mol. The van der Waals surface area contributed by atoms with Crippen molar-refractivity contribution in [2.75, 3.05) is 18.5 Å². The fourth-order valence-electron chi connectivity index (χ4n) is 1.18. The highest BCUT2D eigenvalue weighted by molar-refractivity contribution is 6.16. The summed E-state index contributed by atoms with van der Waals surface area (Å²) < 4.78 is 0. The fourth-order valence-corrected chi connectivity index (χ4v) is 1.32. The van der Waals surface area contributed by atoms with Gasteiger partial charge in [-0.05, 0) is 12.3 Å². The Kier molecular flexibility index (Phi) is 4.82. The third-order valence-corrected chi connectivity index (χ3v) is 2.54. The van der Waals surface area contributed by atoms with Crippen molar-refractivity contribution >= 4 is 17.4 Å². The molecule has 4 heteroatoms. The van der Waals surface area contributed by atoms with Crippen LogP contribution in [0.2, 0.25) is 0 Å². The molecule has 0 radical (unpaired) electrons. The Hall–Kier alpha value is -0.830. The molecule has 0 aromatic carbocycles. The predicted molar refractivity (Wildman–Crippen MR) is 64.3 cm³/mol. The molecule has 0 amide bonds. The van der Waals surface area contributed by atoms with Gasteiger partial charge < -0.3 is 4.90 Å². The molecule has 1 heterocycles. The Bertz CT molecular complexity index is 284. The lowest BCUT2D eigenvalue weighted by atomic mass is 10.1. The molecule has 0 saturated carbocycles. The summed E-state index contributed by atoms with van der Waals surface area (Å²) in [6, 6.07) is 0. The van der Waals surface area contributed by atoms with E-state index in [-0.39, 0.29) is 0 Å². The summed E-state index contributed by atoms with van der Waals surface area (Å²) in [6.07, 6.45) is 4.67. The maximum Gasteiger partial charge on any atom is 0.146 e. The third-order valence-electron chi connectivity index (χ3n) is 2.26. The van der Waals surface area contributed by atoms with Gasteiger partial charge >= 0.3 is 0 Å². The highest BCUT2D eigenvalue weighted by Gasteiger charge is 2.04. The lowest BCUT2D eigenvalue weighted by Crippen LogP contribution is -2.21. The average Bonchev–Trinajstić information content (AvgIpc) is 2.26. The Morgan fingerprint density at radius 2 is 2.07 bits per heavy atom. The van der Waals surface area contributed by atoms with E-state index >= 15 is 0 Å². The Balaban J connectivity index is 2.54. The highest BCUT2D eigenvalue weighted by Crippen LogP contribution is 2.10. The molecule has 15 heavy (non-hydrogen) atoms. The minimum atomic E-state index is 0.420. The van der Waals surface area contributed by atoms with Crippen LogP contribution in [0.1, 0.15) is 26.0 Å². The first-order chi connectivity index (χ1) is 7.13. The topological polar surface area (TPSA) is 29.0 Å². The molecule has 0 N–H and O–H groups in total. The van der Waals surface area contributed by atoms with Crippen LogP contribution in [0.5, 0.6) is 0 Å². The van der Waals surface area contributed by atoms with Gasteiger partial charge in [-0.1, -0.05) is 13.8 Å². The first kappa shape index (κ1) is 12.2. The summed E-state index contributed by atoms with van der Waals surface area (Å²) >= 11 is 5.65. The monoisotopic (exact) mass is 227 g/mol. The molecule has 0 aliphatic heterocycles. The van der Waals surface area contributed by atoms with Gasteiger partial charge in [0.2, 0.25) is 0 Å². The smallest absolute Gasteiger partial charge is 0.146 e. The van der Waals surface area contributed by atoms with Crippen molar-refractivity contribution in [1.82, 2.24) is 9.97 Å². The molecule has 0 aliphatic carbocycles. The number of nitrogens with zero attached hydrogens (tertiary/aromatic N) is 3. The van der Waals surface area contributed by atoms with Gasteiger partial charge in [-0.3, -0.25) is 4.98 Å². The molecule has 0 unspecified atom stereocenters. The molecule has 0 atom stereocenters. The van der Waals surface area contributed by atoms with E-state index in [2.05, 4.69) is 28.7 Å². The van der Waals surface area contributed by atoms with E-state index in [1.54, 1.807) is 12.4 Å². The van der Waals surface area contributed by atoms with Crippen molar-refractivity contribution in [1.29, 1.82) is 0 Å². The summed E-state index contributed by atoms with van der Waals surface area (Å²) in [7, 11) is 2.03. The second-order valence-corrected chi connectivity index (χ2v) is 4.37. The Labute approximate surface area is 96.5 Å². The molecular weight excluding hydrogens is 210 g/mol. The number of anilines is 1. The van der Waals surface area contributed by atoms with Crippen LogP contribution in [0.4, 0.5) is 5.82 Å². The van der Waals surface area contributed by atoms with Gasteiger partial charge in [-0.15, -0.1) is 11.6 Å². The molecule has 1 rings (SSSR count). The quantitative estimate of drug-likeness (QED) is 0.725. The minimum Gasteiger partial charge on any atom is -0.358 e. The van der Waals surface area contributed by atoms with Crippen molar-refractivity contribution in [2.24, 2.45) is 5.92 Å². The predicted octanol–water partition coefficient (Wildman–Crippen LogP) is 2.70. The molecular formula is C11H18ClN3. The van der Waals surface area contributed by atoms with Gasteiger partial charge in [0, 0.05) is 13.6 Å².